The SMILES string of the molecule is N#CC(C(=O)Nc1cccc(C(F)(F)F)c1)C(=O)c1nn(-c2ccccc2)c2c1Cc1ccc(N)cc1-2. The fraction of sp³-hybridized carbons (Fsp3) is 0.111. The number of carbonyl (C=O) groups excluding carboxylic acids is 2. The van der Waals surface area contributed by atoms with Gasteiger partial charge in [0.25, 0.3) is 0 Å². The molecular weight excluding hydrogens is 483 g/mol. The Morgan fingerprint density at radius 1 is 1.05 bits per heavy atom. The summed E-state index contributed by atoms with van der Waals surface area (Å²) in [5.41, 5.74) is 8.84. The van der Waals surface area contributed by atoms with E-state index in [1.54, 1.807) is 47.1 Å². The lowest BCUT2D eigenvalue weighted by Crippen LogP contribution is -2.29. The van der Waals surface area contributed by atoms with E-state index in [0.29, 0.717) is 29.1 Å². The van der Waals surface area contributed by atoms with E-state index >= 15 is 0 Å². The van der Waals surface area contributed by atoms with Gasteiger partial charge in [-0.05, 0) is 48.0 Å². The largest absolute Gasteiger partial charge is 0.416 e. The molecule has 0 saturated carbocycles. The Balaban J connectivity index is 1.52. The number of carbonyl (C=O) groups is 2. The number of amides is 1. The van der Waals surface area contributed by atoms with Gasteiger partial charge in [0, 0.05) is 28.9 Å². The molecule has 0 saturated heterocycles. The number of halogens is 3. The Hall–Kier alpha value is -4.91. The second kappa shape index (κ2) is 8.95. The second-order valence-electron chi connectivity index (χ2n) is 8.51. The van der Waals surface area contributed by atoms with Gasteiger partial charge in [0.2, 0.25) is 11.7 Å². The van der Waals surface area contributed by atoms with Crippen molar-refractivity contribution >= 4 is 23.1 Å². The Morgan fingerprint density at radius 2 is 1.81 bits per heavy atom. The van der Waals surface area contributed by atoms with Crippen molar-refractivity contribution < 1.29 is 22.8 Å². The number of benzene rings is 3. The van der Waals surface area contributed by atoms with E-state index in [4.69, 9.17) is 5.73 Å². The van der Waals surface area contributed by atoms with E-state index < -0.39 is 29.3 Å². The predicted octanol–water partition coefficient (Wildman–Crippen LogP) is 5.01. The van der Waals surface area contributed by atoms with Crippen LogP contribution in [0, 0.1) is 17.2 Å². The summed E-state index contributed by atoms with van der Waals surface area (Å²) in [7, 11) is 0. The van der Waals surface area contributed by atoms with Crippen molar-refractivity contribution in [1.29, 1.82) is 5.26 Å². The first-order chi connectivity index (χ1) is 17.7. The molecule has 7 nitrogen and oxygen atoms in total. The topological polar surface area (TPSA) is 114 Å². The summed E-state index contributed by atoms with van der Waals surface area (Å²) < 4.78 is 40.7. The lowest BCUT2D eigenvalue weighted by molar-refractivity contribution is -0.137. The molecule has 1 heterocycles. The summed E-state index contributed by atoms with van der Waals surface area (Å²) in [5.74, 6) is -3.72. The van der Waals surface area contributed by atoms with Gasteiger partial charge in [-0.1, -0.05) is 30.3 Å². The van der Waals surface area contributed by atoms with E-state index in [-0.39, 0.29) is 11.4 Å². The van der Waals surface area contributed by atoms with Gasteiger partial charge < -0.3 is 11.1 Å². The molecule has 1 unspecified atom stereocenters. The van der Waals surface area contributed by atoms with Crippen LogP contribution in [-0.4, -0.2) is 21.5 Å². The Kier molecular flexibility index (Phi) is 5.76. The normalized spacial score (nSPS) is 12.8. The quantitative estimate of drug-likeness (QED) is 0.200. The van der Waals surface area contributed by atoms with E-state index in [0.717, 1.165) is 29.3 Å². The zero-order valence-electron chi connectivity index (χ0n) is 19.1. The van der Waals surface area contributed by atoms with Gasteiger partial charge in [-0.2, -0.15) is 23.5 Å². The standard InChI is InChI=1S/C27H18F3N5O2/c28-27(29,30)16-5-4-6-18(12-16)33-26(37)22(14-31)25(36)23-21-11-15-9-10-17(32)13-20(15)24(21)35(34-23)19-7-2-1-3-8-19/h1-10,12-13,22H,11,32H2,(H,33,37). The smallest absolute Gasteiger partial charge is 0.399 e. The number of para-hydroxylation sites is 1. The number of hydrogen-bond acceptors (Lipinski definition) is 5. The number of Topliss-reactive ketones (excluding diaryl/α,β-unsaturated/α-hetero) is 1. The zero-order valence-corrected chi connectivity index (χ0v) is 19.1. The third kappa shape index (κ3) is 4.31. The zero-order chi connectivity index (χ0) is 26.3. The van der Waals surface area contributed by atoms with E-state index in [1.807, 2.05) is 12.1 Å². The monoisotopic (exact) mass is 501 g/mol. The number of ketones is 1. The lowest BCUT2D eigenvalue weighted by Gasteiger charge is -2.12. The minimum Gasteiger partial charge on any atom is -0.399 e. The van der Waals surface area contributed by atoms with E-state index in [9.17, 15) is 28.0 Å². The van der Waals surface area contributed by atoms with Crippen LogP contribution in [0.1, 0.15) is 27.2 Å². The molecule has 0 bridgehead atoms. The van der Waals surface area contributed by atoms with Gasteiger partial charge in [-0.15, -0.1) is 0 Å². The van der Waals surface area contributed by atoms with Crippen molar-refractivity contribution in [3.8, 4) is 23.0 Å². The predicted molar refractivity (Wildman–Crippen MR) is 130 cm³/mol. The molecule has 1 aromatic heterocycles. The number of anilines is 2. The van der Waals surface area contributed by atoms with Crippen molar-refractivity contribution in [2.24, 2.45) is 5.92 Å². The average Bonchev–Trinajstić information content (AvgIpc) is 3.42. The van der Waals surface area contributed by atoms with Crippen molar-refractivity contribution in [3.63, 3.8) is 0 Å². The highest BCUT2D eigenvalue weighted by molar-refractivity contribution is 6.16. The summed E-state index contributed by atoms with van der Waals surface area (Å²) in [4.78, 5) is 26.4. The van der Waals surface area contributed by atoms with Crippen LogP contribution in [-0.2, 0) is 17.4 Å². The number of aromatic nitrogens is 2. The summed E-state index contributed by atoms with van der Waals surface area (Å²) in [6.45, 7) is 0. The number of fused-ring (bicyclic) bond motifs is 3. The van der Waals surface area contributed by atoms with Gasteiger partial charge in [-0.25, -0.2) is 4.68 Å². The third-order valence-corrected chi connectivity index (χ3v) is 6.08. The van der Waals surface area contributed by atoms with Crippen molar-refractivity contribution in [1.82, 2.24) is 9.78 Å². The van der Waals surface area contributed by atoms with Crippen molar-refractivity contribution in [2.45, 2.75) is 12.6 Å². The highest BCUT2D eigenvalue weighted by Gasteiger charge is 2.37. The van der Waals surface area contributed by atoms with Crippen LogP contribution in [0.5, 0.6) is 0 Å². The summed E-state index contributed by atoms with van der Waals surface area (Å²) in [5, 5.41) is 16.4. The maximum Gasteiger partial charge on any atom is 0.416 e. The molecule has 0 aliphatic heterocycles. The van der Waals surface area contributed by atoms with Crippen LogP contribution < -0.4 is 11.1 Å². The average molecular weight is 501 g/mol. The van der Waals surface area contributed by atoms with Crippen molar-refractivity contribution in [3.05, 3.63) is 95.2 Å². The number of rotatable bonds is 5. The molecule has 184 valence electrons. The first-order valence-corrected chi connectivity index (χ1v) is 11.2. The summed E-state index contributed by atoms with van der Waals surface area (Å²) in [6, 6.07) is 20.0. The minimum atomic E-state index is -4.62. The van der Waals surface area contributed by atoms with Crippen LogP contribution in [0.2, 0.25) is 0 Å². The molecular formula is C27H18F3N5O2. The highest BCUT2D eigenvalue weighted by Crippen LogP contribution is 2.41. The molecule has 3 N–H and O–H groups in total. The Bertz CT molecular complexity index is 1590. The molecule has 10 heteroatoms. The van der Waals surface area contributed by atoms with Crippen LogP contribution in [0.3, 0.4) is 0 Å². The molecule has 5 rings (SSSR count). The molecule has 4 aromatic rings. The summed E-state index contributed by atoms with van der Waals surface area (Å²) >= 11 is 0. The maximum absolute atomic E-state index is 13.5. The fourth-order valence-electron chi connectivity index (χ4n) is 4.37. The molecule has 0 fully saturated rings. The first kappa shape index (κ1) is 23.8. The molecule has 1 aliphatic carbocycles. The number of hydrogen-bond donors (Lipinski definition) is 2. The number of alkyl halides is 3. The van der Waals surface area contributed by atoms with Gasteiger partial charge in [0.15, 0.2) is 5.92 Å². The fourth-order valence-corrected chi connectivity index (χ4v) is 4.37. The number of nitrogens with one attached hydrogen (secondary N) is 1. The van der Waals surface area contributed by atoms with E-state index in [2.05, 4.69) is 10.4 Å². The molecule has 1 amide bonds. The first-order valence-electron chi connectivity index (χ1n) is 11.2. The van der Waals surface area contributed by atoms with Gasteiger partial charge in [0.1, 0.15) is 5.69 Å². The Labute approximate surface area is 208 Å². The number of nitriles is 1. The highest BCUT2D eigenvalue weighted by atomic mass is 19.4. The Morgan fingerprint density at radius 3 is 2.51 bits per heavy atom. The maximum atomic E-state index is 13.5. The van der Waals surface area contributed by atoms with Crippen LogP contribution in [0.4, 0.5) is 24.5 Å². The van der Waals surface area contributed by atoms with Crippen LogP contribution >= 0.6 is 0 Å². The number of nitrogens with two attached hydrogens (primary N) is 1. The van der Waals surface area contributed by atoms with Crippen molar-refractivity contribution in [2.75, 3.05) is 11.1 Å². The van der Waals surface area contributed by atoms with Crippen LogP contribution in [0.15, 0.2) is 72.8 Å². The molecule has 37 heavy (non-hydrogen) atoms. The number of nitrogen functional groups attached to an aromatic ring is 1. The molecule has 0 radical (unpaired) electrons. The van der Waals surface area contributed by atoms with E-state index in [1.165, 1.54) is 6.07 Å². The second-order valence-corrected chi connectivity index (χ2v) is 8.51. The van der Waals surface area contributed by atoms with Gasteiger partial charge >= 0.3 is 6.18 Å². The lowest BCUT2D eigenvalue weighted by atomic mass is 9.98. The number of nitrogens with zero attached hydrogens (tertiary/aromatic N) is 3. The molecule has 1 aliphatic rings. The summed E-state index contributed by atoms with van der Waals surface area (Å²) in [6.07, 6.45) is -4.28. The molecule has 0 spiro atoms. The van der Waals surface area contributed by atoms with Gasteiger partial charge in [0.05, 0.1) is 23.0 Å². The minimum absolute atomic E-state index is 0.0561. The third-order valence-electron chi connectivity index (χ3n) is 6.08. The van der Waals surface area contributed by atoms with Gasteiger partial charge in [-0.3, -0.25) is 9.59 Å². The molecule has 3 aromatic carbocycles. The van der Waals surface area contributed by atoms with Crippen LogP contribution in [0.25, 0.3) is 16.9 Å². The molecule has 1 atom stereocenters.